The molecule has 0 unspecified atom stereocenters. The number of aromatic nitrogens is 3. The molecule has 6 aromatic rings. The average molecular weight is 846 g/mol. The van der Waals surface area contributed by atoms with Crippen molar-refractivity contribution < 1.29 is 67.8 Å². The summed E-state index contributed by atoms with van der Waals surface area (Å²) >= 11 is 0. The first kappa shape index (κ1) is 46.2. The van der Waals surface area contributed by atoms with Crippen molar-refractivity contribution >= 4 is 36.6 Å². The Labute approximate surface area is 354 Å². The number of nitrogens with zero attached hydrogens (tertiary/aromatic N) is 3. The van der Waals surface area contributed by atoms with Crippen molar-refractivity contribution in [2.75, 3.05) is 14.2 Å². The van der Waals surface area contributed by atoms with E-state index >= 15 is 0 Å². The van der Waals surface area contributed by atoms with Crippen molar-refractivity contribution in [1.82, 2.24) is 15.0 Å². The molecule has 318 valence electrons. The summed E-state index contributed by atoms with van der Waals surface area (Å²) in [5.41, 5.74) is 2.71. The van der Waals surface area contributed by atoms with E-state index in [9.17, 15) is 44.1 Å². The second kappa shape index (κ2) is 23.2. The van der Waals surface area contributed by atoms with Crippen molar-refractivity contribution in [3.05, 3.63) is 160 Å². The van der Waals surface area contributed by atoms with E-state index in [-0.39, 0.29) is 82.3 Å². The first-order valence-corrected chi connectivity index (χ1v) is 18.2. The quantitative estimate of drug-likeness (QED) is 0.0582. The number of pyridine rings is 3. The van der Waals surface area contributed by atoms with Crippen molar-refractivity contribution in [3.63, 3.8) is 0 Å². The molecule has 3 aromatic carbocycles. The second-order valence-corrected chi connectivity index (χ2v) is 12.4. The molecule has 0 aliphatic carbocycles. The van der Waals surface area contributed by atoms with Crippen LogP contribution in [0.3, 0.4) is 0 Å². The lowest BCUT2D eigenvalue weighted by Gasteiger charge is -2.10. The Hall–Kier alpha value is -8.47. The summed E-state index contributed by atoms with van der Waals surface area (Å²) in [4.78, 5) is 79.0. The van der Waals surface area contributed by atoms with Crippen molar-refractivity contribution in [2.45, 2.75) is 26.7 Å². The third-order valence-electron chi connectivity index (χ3n) is 8.30. The number of carbonyl (C=O) groups is 6. The zero-order chi connectivity index (χ0) is 45.0. The Morgan fingerprint density at radius 1 is 0.565 bits per heavy atom. The number of hydrogen-bond acceptors (Lipinski definition) is 17. The molecule has 17 nitrogen and oxygen atoms in total. The van der Waals surface area contributed by atoms with E-state index in [2.05, 4.69) is 24.4 Å². The number of esters is 2. The van der Waals surface area contributed by atoms with Crippen LogP contribution in [0.25, 0.3) is 0 Å². The van der Waals surface area contributed by atoms with Gasteiger partial charge in [0.15, 0.2) is 24.6 Å². The highest BCUT2D eigenvalue weighted by atomic mass is 16.5. The topological polar surface area (TPSA) is 248 Å². The van der Waals surface area contributed by atoms with Gasteiger partial charge in [-0.25, -0.2) is 14.6 Å². The third-order valence-corrected chi connectivity index (χ3v) is 8.30. The van der Waals surface area contributed by atoms with Crippen molar-refractivity contribution in [2.24, 2.45) is 0 Å². The van der Waals surface area contributed by atoms with Gasteiger partial charge in [0.05, 0.1) is 47.9 Å². The second-order valence-electron chi connectivity index (χ2n) is 12.4. The molecule has 0 saturated heterocycles. The lowest BCUT2D eigenvalue weighted by Crippen LogP contribution is -2.10. The van der Waals surface area contributed by atoms with Gasteiger partial charge in [-0.05, 0) is 66.7 Å². The fourth-order valence-electron chi connectivity index (χ4n) is 5.13. The van der Waals surface area contributed by atoms with E-state index in [0.29, 0.717) is 41.7 Å². The van der Waals surface area contributed by atoms with Gasteiger partial charge in [-0.3, -0.25) is 29.1 Å². The summed E-state index contributed by atoms with van der Waals surface area (Å²) in [6.07, 6.45) is 4.63. The SMILES string of the molecule is CC(=O)c1ccc(COc2cccc(O)c2C=O)cn1.COC(=O)c1cccc(COc2cccc(O)c2C=O)n1.COC(=O)c1cccnc1COc1cccc(O)c1C=O. The molecule has 3 aromatic heterocycles. The maximum Gasteiger partial charge on any atom is 0.356 e. The maximum atomic E-state index is 11.6. The monoisotopic (exact) mass is 845 g/mol. The van der Waals surface area contributed by atoms with Crippen LogP contribution in [0.1, 0.15) is 86.3 Å². The Balaban J connectivity index is 0.000000205. The number of rotatable bonds is 15. The minimum Gasteiger partial charge on any atom is -0.507 e. The molecule has 0 fully saturated rings. The third kappa shape index (κ3) is 12.8. The van der Waals surface area contributed by atoms with Crippen LogP contribution in [-0.4, -0.2) is 81.1 Å². The number of Topliss-reactive ketones (excluding diaryl/α,β-unsaturated/α-hetero) is 1. The number of aldehydes is 3. The maximum absolute atomic E-state index is 11.6. The predicted molar refractivity (Wildman–Crippen MR) is 219 cm³/mol. The van der Waals surface area contributed by atoms with Gasteiger partial charge in [0.2, 0.25) is 0 Å². The molecule has 0 spiro atoms. The fourth-order valence-corrected chi connectivity index (χ4v) is 5.13. The molecule has 17 heteroatoms. The van der Waals surface area contributed by atoms with Gasteiger partial charge in [0.1, 0.15) is 65.7 Å². The number of aromatic hydroxyl groups is 3. The minimum atomic E-state index is -0.539. The van der Waals surface area contributed by atoms with Gasteiger partial charge in [0.25, 0.3) is 0 Å². The standard InChI is InChI=1S/2C15H13NO5.C15H13NO4/c1-20-15(19)10-4-3-7-16-12(10)9-21-14-6-2-5-13(18)11(14)8-17;1-20-15(19)12-5-2-4-10(16-12)9-21-14-7-3-6-13(18)11(14)8-17;1-10(18)13-6-5-11(7-16-13)9-20-15-4-2-3-14(19)12(15)8-17/h2*2-8,18H,9H2,1H3;2-8,19H,9H2,1H3. The summed E-state index contributed by atoms with van der Waals surface area (Å²) in [7, 11) is 2.55. The number of carbonyl (C=O) groups excluding carboxylic acids is 6. The zero-order valence-electron chi connectivity index (χ0n) is 33.4. The smallest absolute Gasteiger partial charge is 0.356 e. The van der Waals surface area contributed by atoms with Gasteiger partial charge in [-0.15, -0.1) is 0 Å². The Kier molecular flexibility index (Phi) is 17.3. The molecule has 0 aliphatic heterocycles. The predicted octanol–water partition coefficient (Wildman–Crippen LogP) is 6.31. The zero-order valence-corrected chi connectivity index (χ0v) is 33.4. The highest BCUT2D eigenvalue weighted by molar-refractivity contribution is 5.92. The number of benzene rings is 3. The van der Waals surface area contributed by atoms with Gasteiger partial charge in [-0.2, -0.15) is 0 Å². The normalized spacial score (nSPS) is 9.98. The number of phenols is 3. The largest absolute Gasteiger partial charge is 0.507 e. The van der Waals surface area contributed by atoms with Crippen LogP contribution in [0.5, 0.6) is 34.5 Å². The number of hydrogen-bond donors (Lipinski definition) is 3. The highest BCUT2D eigenvalue weighted by Gasteiger charge is 2.15. The number of ether oxygens (including phenoxy) is 5. The summed E-state index contributed by atoms with van der Waals surface area (Å²) in [5, 5.41) is 28.6. The molecule has 3 N–H and O–H groups in total. The van der Waals surface area contributed by atoms with Crippen LogP contribution in [0.4, 0.5) is 0 Å². The van der Waals surface area contributed by atoms with Crippen LogP contribution in [-0.2, 0) is 29.3 Å². The first-order chi connectivity index (χ1) is 29.9. The van der Waals surface area contributed by atoms with E-state index in [4.69, 9.17) is 14.2 Å². The van der Waals surface area contributed by atoms with Crippen molar-refractivity contribution in [1.29, 1.82) is 0 Å². The van der Waals surface area contributed by atoms with Gasteiger partial charge < -0.3 is 39.0 Å². The molecule has 0 atom stereocenters. The molecule has 0 saturated carbocycles. The molecule has 62 heavy (non-hydrogen) atoms. The van der Waals surface area contributed by atoms with E-state index in [1.807, 2.05) is 0 Å². The molecule has 0 amide bonds. The number of phenolic OH excluding ortho intramolecular Hbond substituents is 3. The highest BCUT2D eigenvalue weighted by Crippen LogP contribution is 2.28. The molecular weight excluding hydrogens is 807 g/mol. The first-order valence-electron chi connectivity index (χ1n) is 18.2. The van der Waals surface area contributed by atoms with Crippen LogP contribution in [0.15, 0.2) is 109 Å². The summed E-state index contributed by atoms with van der Waals surface area (Å²) in [5.74, 6) is -0.847. The lowest BCUT2D eigenvalue weighted by molar-refractivity contribution is 0.0586. The van der Waals surface area contributed by atoms with Crippen LogP contribution in [0, 0.1) is 0 Å². The Morgan fingerprint density at radius 2 is 1.08 bits per heavy atom. The van der Waals surface area contributed by atoms with Gasteiger partial charge in [0, 0.05) is 24.9 Å². The number of methoxy groups -OCH3 is 2. The van der Waals surface area contributed by atoms with E-state index in [1.54, 1.807) is 79.0 Å². The van der Waals surface area contributed by atoms with Crippen LogP contribution >= 0.6 is 0 Å². The Bertz CT molecular complexity index is 2530. The number of ketones is 1. The van der Waals surface area contributed by atoms with E-state index in [0.717, 1.165) is 5.56 Å². The van der Waals surface area contributed by atoms with Gasteiger partial charge >= 0.3 is 11.9 Å². The van der Waals surface area contributed by atoms with Crippen LogP contribution < -0.4 is 14.2 Å². The fraction of sp³-hybridized carbons (Fsp3) is 0.133. The summed E-state index contributed by atoms with van der Waals surface area (Å²) < 4.78 is 25.7. The molecular formula is C45H39N3O14. The molecule has 3 heterocycles. The summed E-state index contributed by atoms with van der Waals surface area (Å²) in [6.45, 7) is 1.65. The molecule has 0 radical (unpaired) electrons. The molecule has 6 rings (SSSR count). The minimum absolute atomic E-state index is 0.0322. The van der Waals surface area contributed by atoms with Crippen LogP contribution in [0.2, 0.25) is 0 Å². The average Bonchev–Trinajstić information content (AvgIpc) is 3.29. The molecule has 0 bridgehead atoms. The van der Waals surface area contributed by atoms with E-state index in [1.165, 1.54) is 51.6 Å². The molecule has 0 aliphatic rings. The van der Waals surface area contributed by atoms with E-state index < -0.39 is 11.9 Å². The Morgan fingerprint density at radius 3 is 1.56 bits per heavy atom. The van der Waals surface area contributed by atoms with Gasteiger partial charge in [-0.1, -0.05) is 30.3 Å². The summed E-state index contributed by atoms with van der Waals surface area (Å²) in [6, 6.07) is 25.0. The van der Waals surface area contributed by atoms with Crippen molar-refractivity contribution in [3.8, 4) is 34.5 Å². The lowest BCUT2D eigenvalue weighted by atomic mass is 10.2.